The quantitative estimate of drug-likeness (QED) is 0.773. The molecule has 29 heavy (non-hydrogen) atoms. The van der Waals surface area contributed by atoms with E-state index < -0.39 is 10.0 Å². The van der Waals surface area contributed by atoms with Crippen LogP contribution in [0.25, 0.3) is 0 Å². The van der Waals surface area contributed by atoms with Gasteiger partial charge in [-0.25, -0.2) is 8.42 Å². The van der Waals surface area contributed by atoms with Gasteiger partial charge in [0.25, 0.3) is 0 Å². The van der Waals surface area contributed by atoms with Gasteiger partial charge < -0.3 is 9.80 Å². The van der Waals surface area contributed by atoms with Crippen LogP contribution in [0.1, 0.15) is 25.8 Å². The number of hydrogen-bond acceptors (Lipinski definition) is 4. The molecule has 2 heterocycles. The molecule has 0 bridgehead atoms. The minimum absolute atomic E-state index is 0.0600. The summed E-state index contributed by atoms with van der Waals surface area (Å²) in [7, 11) is -3.55. The number of nitrogens with zero attached hydrogens (tertiary/aromatic N) is 3. The molecule has 1 saturated heterocycles. The van der Waals surface area contributed by atoms with Crippen molar-refractivity contribution >= 4 is 27.3 Å². The Hall–Kier alpha value is -2.38. The second kappa shape index (κ2) is 7.80. The van der Waals surface area contributed by atoms with Gasteiger partial charge in [0, 0.05) is 50.0 Å². The summed E-state index contributed by atoms with van der Waals surface area (Å²) in [5, 5.41) is 0. The second-order valence-electron chi connectivity index (χ2n) is 7.69. The molecular weight excluding hydrogens is 386 g/mol. The Morgan fingerprint density at radius 1 is 1.03 bits per heavy atom. The molecule has 0 aromatic heterocycles. The van der Waals surface area contributed by atoms with E-state index in [4.69, 9.17) is 0 Å². The maximum absolute atomic E-state index is 13.2. The SMILES string of the molecule is CCC(=O)N1c2ccc(S(=O)(=O)N3CCN(c4ccccc4)CC3)cc2C[C@H]1C. The van der Waals surface area contributed by atoms with E-state index in [2.05, 4.69) is 17.0 Å². The van der Waals surface area contributed by atoms with E-state index in [0.29, 0.717) is 43.9 Å². The third kappa shape index (κ3) is 3.65. The topological polar surface area (TPSA) is 60.9 Å². The highest BCUT2D eigenvalue weighted by atomic mass is 32.2. The lowest BCUT2D eigenvalue weighted by Crippen LogP contribution is -2.48. The summed E-state index contributed by atoms with van der Waals surface area (Å²) in [5.74, 6) is 0.0730. The van der Waals surface area contributed by atoms with E-state index in [0.717, 1.165) is 16.9 Å². The van der Waals surface area contributed by atoms with Crippen molar-refractivity contribution in [3.63, 3.8) is 0 Å². The molecule has 0 saturated carbocycles. The highest BCUT2D eigenvalue weighted by Gasteiger charge is 2.33. The van der Waals surface area contributed by atoms with Gasteiger partial charge in [0.05, 0.1) is 4.90 Å². The van der Waals surface area contributed by atoms with Crippen molar-refractivity contribution < 1.29 is 13.2 Å². The molecule has 154 valence electrons. The summed E-state index contributed by atoms with van der Waals surface area (Å²) in [6.45, 7) is 6.12. The van der Waals surface area contributed by atoms with Crippen molar-refractivity contribution in [2.75, 3.05) is 36.0 Å². The Bertz CT molecular complexity index is 999. The third-order valence-electron chi connectivity index (χ3n) is 5.84. The maximum Gasteiger partial charge on any atom is 0.243 e. The van der Waals surface area contributed by atoms with Gasteiger partial charge in [-0.05, 0) is 49.2 Å². The zero-order chi connectivity index (χ0) is 20.6. The van der Waals surface area contributed by atoms with Gasteiger partial charge in [0.15, 0.2) is 0 Å². The molecule has 0 spiro atoms. The predicted molar refractivity (Wildman–Crippen MR) is 115 cm³/mol. The monoisotopic (exact) mass is 413 g/mol. The molecule has 4 rings (SSSR count). The van der Waals surface area contributed by atoms with E-state index in [-0.39, 0.29) is 11.9 Å². The van der Waals surface area contributed by atoms with E-state index in [1.54, 1.807) is 27.4 Å². The van der Waals surface area contributed by atoms with Crippen LogP contribution in [0.5, 0.6) is 0 Å². The molecule has 1 amide bonds. The van der Waals surface area contributed by atoms with Crippen LogP contribution < -0.4 is 9.80 Å². The first-order valence-electron chi connectivity index (χ1n) is 10.2. The molecule has 2 aliphatic heterocycles. The predicted octanol–water partition coefficient (Wildman–Crippen LogP) is 2.89. The lowest BCUT2D eigenvalue weighted by Gasteiger charge is -2.35. The van der Waals surface area contributed by atoms with Crippen LogP contribution in [0, 0.1) is 0 Å². The maximum atomic E-state index is 13.2. The summed E-state index contributed by atoms with van der Waals surface area (Å²) in [6.07, 6.45) is 1.13. The third-order valence-corrected chi connectivity index (χ3v) is 7.73. The molecule has 0 radical (unpaired) electrons. The van der Waals surface area contributed by atoms with Gasteiger partial charge in [-0.3, -0.25) is 4.79 Å². The standard InChI is InChI=1S/C22H27N3O3S/c1-3-22(26)25-17(2)15-18-16-20(9-10-21(18)25)29(27,28)24-13-11-23(12-14-24)19-7-5-4-6-8-19/h4-10,16-17H,3,11-15H2,1-2H3/t17-/m1/s1. The van der Waals surface area contributed by atoms with Crippen LogP contribution in [0.2, 0.25) is 0 Å². The summed E-state index contributed by atoms with van der Waals surface area (Å²) >= 11 is 0. The molecule has 1 fully saturated rings. The van der Waals surface area contributed by atoms with Crippen molar-refractivity contribution in [3.05, 3.63) is 54.1 Å². The smallest absolute Gasteiger partial charge is 0.243 e. The molecule has 7 heteroatoms. The van der Waals surface area contributed by atoms with Gasteiger partial charge in [0.2, 0.25) is 15.9 Å². The highest BCUT2D eigenvalue weighted by Crippen LogP contribution is 2.35. The van der Waals surface area contributed by atoms with Crippen LogP contribution in [-0.2, 0) is 21.2 Å². The second-order valence-corrected chi connectivity index (χ2v) is 9.63. The first-order valence-corrected chi connectivity index (χ1v) is 11.6. The van der Waals surface area contributed by atoms with Crippen molar-refractivity contribution in [2.45, 2.75) is 37.6 Å². The number of benzene rings is 2. The largest absolute Gasteiger partial charge is 0.369 e. The number of piperazine rings is 1. The Morgan fingerprint density at radius 2 is 1.72 bits per heavy atom. The van der Waals surface area contributed by atoms with Crippen LogP contribution in [0.4, 0.5) is 11.4 Å². The first kappa shape index (κ1) is 19.9. The molecule has 0 unspecified atom stereocenters. The fourth-order valence-corrected chi connectivity index (χ4v) is 5.77. The lowest BCUT2D eigenvalue weighted by atomic mass is 10.1. The number of amides is 1. The number of hydrogen-bond donors (Lipinski definition) is 0. The minimum atomic E-state index is -3.55. The Balaban J connectivity index is 1.52. The van der Waals surface area contributed by atoms with Gasteiger partial charge in [-0.15, -0.1) is 0 Å². The number of carbonyl (C=O) groups is 1. The van der Waals surface area contributed by atoms with Gasteiger partial charge >= 0.3 is 0 Å². The molecule has 0 N–H and O–H groups in total. The van der Waals surface area contributed by atoms with Crippen LogP contribution in [0.15, 0.2) is 53.4 Å². The average Bonchev–Trinajstić information content (AvgIpc) is 3.08. The van der Waals surface area contributed by atoms with E-state index >= 15 is 0 Å². The van der Waals surface area contributed by atoms with Crippen LogP contribution >= 0.6 is 0 Å². The minimum Gasteiger partial charge on any atom is -0.369 e. The van der Waals surface area contributed by atoms with Crippen molar-refractivity contribution in [1.82, 2.24) is 4.31 Å². The van der Waals surface area contributed by atoms with Crippen molar-refractivity contribution in [2.24, 2.45) is 0 Å². The lowest BCUT2D eigenvalue weighted by molar-refractivity contribution is -0.118. The van der Waals surface area contributed by atoms with Crippen LogP contribution in [0.3, 0.4) is 0 Å². The molecule has 2 aromatic rings. The normalized spacial score (nSPS) is 20.0. The van der Waals surface area contributed by atoms with Crippen molar-refractivity contribution in [3.8, 4) is 0 Å². The Kier molecular flexibility index (Phi) is 5.36. The zero-order valence-electron chi connectivity index (χ0n) is 16.9. The van der Waals surface area contributed by atoms with E-state index in [1.165, 1.54) is 0 Å². The van der Waals surface area contributed by atoms with Crippen LogP contribution in [-0.4, -0.2) is 50.9 Å². The van der Waals surface area contributed by atoms with Crippen molar-refractivity contribution in [1.29, 1.82) is 0 Å². The summed E-state index contributed by atoms with van der Waals surface area (Å²) < 4.78 is 28.0. The number of sulfonamides is 1. The highest BCUT2D eigenvalue weighted by molar-refractivity contribution is 7.89. The number of rotatable bonds is 4. The van der Waals surface area contributed by atoms with E-state index in [9.17, 15) is 13.2 Å². The average molecular weight is 414 g/mol. The Morgan fingerprint density at radius 3 is 2.38 bits per heavy atom. The first-order chi connectivity index (χ1) is 13.9. The van der Waals surface area contributed by atoms with E-state index in [1.807, 2.05) is 32.0 Å². The zero-order valence-corrected chi connectivity index (χ0v) is 17.7. The molecule has 0 aliphatic carbocycles. The number of anilines is 2. The molecule has 2 aromatic carbocycles. The molecular formula is C22H27N3O3S. The van der Waals surface area contributed by atoms with Gasteiger partial charge in [0.1, 0.15) is 0 Å². The molecule has 6 nitrogen and oxygen atoms in total. The van der Waals surface area contributed by atoms with Gasteiger partial charge in [-0.2, -0.15) is 4.31 Å². The summed E-state index contributed by atoms with van der Waals surface area (Å²) in [5.41, 5.74) is 2.90. The number of para-hydroxylation sites is 1. The molecule has 1 atom stereocenters. The fraction of sp³-hybridized carbons (Fsp3) is 0.409. The fourth-order valence-electron chi connectivity index (χ4n) is 4.29. The number of carbonyl (C=O) groups excluding carboxylic acids is 1. The number of fused-ring (bicyclic) bond motifs is 1. The molecule has 2 aliphatic rings. The Labute approximate surface area is 172 Å². The summed E-state index contributed by atoms with van der Waals surface area (Å²) in [6, 6.07) is 15.3. The van der Waals surface area contributed by atoms with Gasteiger partial charge in [-0.1, -0.05) is 25.1 Å². The summed E-state index contributed by atoms with van der Waals surface area (Å²) in [4.78, 5) is 16.6.